The van der Waals surface area contributed by atoms with Gasteiger partial charge in [-0.2, -0.15) is 0 Å². The first kappa shape index (κ1) is 13.8. The molecule has 1 aromatic rings. The van der Waals surface area contributed by atoms with Gasteiger partial charge in [0.25, 0.3) is 0 Å². The highest BCUT2D eigenvalue weighted by Gasteiger charge is 2.19. The fourth-order valence-corrected chi connectivity index (χ4v) is 3.30. The van der Waals surface area contributed by atoms with E-state index in [4.69, 9.17) is 11.6 Å². The molecule has 2 heterocycles. The molecule has 0 radical (unpaired) electrons. The summed E-state index contributed by atoms with van der Waals surface area (Å²) in [5.74, 6) is 0.556. The lowest BCUT2D eigenvalue weighted by molar-refractivity contribution is -0.122. The summed E-state index contributed by atoms with van der Waals surface area (Å²) in [6.07, 6.45) is 2.41. The lowest BCUT2D eigenvalue weighted by Gasteiger charge is -2.23. The van der Waals surface area contributed by atoms with Crippen LogP contribution in [0.3, 0.4) is 0 Å². The van der Waals surface area contributed by atoms with Crippen LogP contribution in [0.4, 0.5) is 0 Å². The third-order valence-electron chi connectivity index (χ3n) is 3.38. The number of amides is 1. The van der Waals surface area contributed by atoms with Crippen LogP contribution in [0.5, 0.6) is 0 Å². The van der Waals surface area contributed by atoms with Crippen LogP contribution in [-0.2, 0) is 4.79 Å². The number of carbonyl (C=O) groups excluding carboxylic acids is 1. The number of thiophene rings is 1. The van der Waals surface area contributed by atoms with Gasteiger partial charge in [-0.3, -0.25) is 4.79 Å². The molecule has 18 heavy (non-hydrogen) atoms. The lowest BCUT2D eigenvalue weighted by atomic mass is 9.99. The van der Waals surface area contributed by atoms with Gasteiger partial charge in [-0.1, -0.05) is 11.6 Å². The normalized spacial score (nSPS) is 21.6. The Hall–Kier alpha value is -0.580. The van der Waals surface area contributed by atoms with Gasteiger partial charge in [0, 0.05) is 11.4 Å². The number of hydrogen-bond donors (Lipinski definition) is 2. The molecule has 0 aromatic carbocycles. The second-order valence-electron chi connectivity index (χ2n) is 4.82. The predicted octanol–water partition coefficient (Wildman–Crippen LogP) is 2.62. The molecule has 0 spiro atoms. The van der Waals surface area contributed by atoms with Crippen LogP contribution < -0.4 is 10.6 Å². The van der Waals surface area contributed by atoms with Crippen LogP contribution >= 0.6 is 22.9 Å². The molecule has 100 valence electrons. The lowest BCUT2D eigenvalue weighted by Crippen LogP contribution is -2.39. The van der Waals surface area contributed by atoms with Gasteiger partial charge >= 0.3 is 0 Å². The Morgan fingerprint density at radius 2 is 2.50 bits per heavy atom. The molecule has 2 atom stereocenters. The van der Waals surface area contributed by atoms with Crippen molar-refractivity contribution < 1.29 is 4.79 Å². The Bertz CT molecular complexity index is 401. The van der Waals surface area contributed by atoms with E-state index >= 15 is 0 Å². The third-order valence-corrected chi connectivity index (χ3v) is 4.79. The van der Waals surface area contributed by atoms with Crippen molar-refractivity contribution >= 4 is 28.8 Å². The molecule has 1 aliphatic rings. The Morgan fingerprint density at radius 3 is 3.11 bits per heavy atom. The minimum Gasteiger partial charge on any atom is -0.355 e. The van der Waals surface area contributed by atoms with Crippen LogP contribution in [0.1, 0.15) is 30.6 Å². The van der Waals surface area contributed by atoms with Crippen molar-refractivity contribution in [3.05, 3.63) is 21.3 Å². The quantitative estimate of drug-likeness (QED) is 0.893. The Labute approximate surface area is 117 Å². The Kier molecular flexibility index (Phi) is 5.03. The van der Waals surface area contributed by atoms with Crippen molar-refractivity contribution in [2.45, 2.75) is 25.7 Å². The molecule has 2 unspecified atom stereocenters. The van der Waals surface area contributed by atoms with Gasteiger partial charge in [0.05, 0.1) is 10.3 Å². The van der Waals surface area contributed by atoms with Crippen molar-refractivity contribution in [2.24, 2.45) is 5.92 Å². The summed E-state index contributed by atoms with van der Waals surface area (Å²) in [6.45, 7) is 4.82. The molecule has 3 nitrogen and oxygen atoms in total. The maximum absolute atomic E-state index is 12.0. The number of rotatable bonds is 4. The number of hydrogen-bond acceptors (Lipinski definition) is 3. The minimum atomic E-state index is -0.112. The van der Waals surface area contributed by atoms with E-state index in [2.05, 4.69) is 10.6 Å². The van der Waals surface area contributed by atoms with E-state index in [1.54, 1.807) is 0 Å². The summed E-state index contributed by atoms with van der Waals surface area (Å²) < 4.78 is 0.737. The molecule has 5 heteroatoms. The third kappa shape index (κ3) is 3.70. The van der Waals surface area contributed by atoms with Crippen LogP contribution in [0.2, 0.25) is 4.34 Å². The highest BCUT2D eigenvalue weighted by atomic mass is 35.5. The van der Waals surface area contributed by atoms with Crippen molar-refractivity contribution in [2.75, 3.05) is 19.6 Å². The van der Waals surface area contributed by atoms with Crippen LogP contribution in [0.25, 0.3) is 0 Å². The summed E-state index contributed by atoms with van der Waals surface area (Å²) in [5.41, 5.74) is 0. The second-order valence-corrected chi connectivity index (χ2v) is 6.57. The number of halogens is 1. The Morgan fingerprint density at radius 1 is 1.67 bits per heavy atom. The van der Waals surface area contributed by atoms with Crippen molar-refractivity contribution in [1.29, 1.82) is 0 Å². The van der Waals surface area contributed by atoms with Gasteiger partial charge in [0.1, 0.15) is 0 Å². The number of piperidine rings is 1. The number of carbonyl (C=O) groups is 1. The van der Waals surface area contributed by atoms with E-state index < -0.39 is 0 Å². The zero-order valence-corrected chi connectivity index (χ0v) is 12.1. The molecule has 0 aliphatic carbocycles. The first-order chi connectivity index (χ1) is 8.66. The maximum Gasteiger partial charge on any atom is 0.228 e. The minimum absolute atomic E-state index is 0.0964. The fourth-order valence-electron chi connectivity index (χ4n) is 2.19. The van der Waals surface area contributed by atoms with Crippen molar-refractivity contribution in [3.63, 3.8) is 0 Å². The summed E-state index contributed by atoms with van der Waals surface area (Å²) in [7, 11) is 0. The summed E-state index contributed by atoms with van der Waals surface area (Å²) in [5, 5.41) is 6.40. The summed E-state index contributed by atoms with van der Waals surface area (Å²) in [4.78, 5) is 13.1. The molecular weight excluding hydrogens is 268 g/mol. The molecule has 1 saturated heterocycles. The Balaban J connectivity index is 1.80. The fraction of sp³-hybridized carbons (Fsp3) is 0.615. The number of nitrogens with one attached hydrogen (secondary N) is 2. The first-order valence-electron chi connectivity index (χ1n) is 6.40. The van der Waals surface area contributed by atoms with Gasteiger partial charge in [-0.05, 0) is 50.9 Å². The second kappa shape index (κ2) is 6.55. The smallest absolute Gasteiger partial charge is 0.228 e. The molecular formula is C13H19ClN2OS. The highest BCUT2D eigenvalue weighted by Crippen LogP contribution is 2.28. The van der Waals surface area contributed by atoms with E-state index in [1.807, 2.05) is 19.1 Å². The summed E-state index contributed by atoms with van der Waals surface area (Å²) in [6, 6.07) is 3.77. The SMILES string of the molecule is CC(C(=O)NCC1CCCNC1)c1ccc(Cl)s1. The topological polar surface area (TPSA) is 41.1 Å². The van der Waals surface area contributed by atoms with E-state index in [-0.39, 0.29) is 11.8 Å². The van der Waals surface area contributed by atoms with E-state index in [0.717, 1.165) is 28.8 Å². The van der Waals surface area contributed by atoms with E-state index in [1.165, 1.54) is 24.2 Å². The van der Waals surface area contributed by atoms with Crippen LogP contribution in [0, 0.1) is 5.92 Å². The molecule has 1 fully saturated rings. The maximum atomic E-state index is 12.0. The van der Waals surface area contributed by atoms with Crippen LogP contribution in [0.15, 0.2) is 12.1 Å². The van der Waals surface area contributed by atoms with Crippen molar-refractivity contribution in [3.8, 4) is 0 Å². The molecule has 1 aliphatic heterocycles. The standard InChI is InChI=1S/C13H19ClN2OS/c1-9(11-4-5-12(14)18-11)13(17)16-8-10-3-2-6-15-7-10/h4-5,9-10,15H,2-3,6-8H2,1H3,(H,16,17). The van der Waals surface area contributed by atoms with Crippen LogP contribution in [-0.4, -0.2) is 25.5 Å². The molecule has 1 aromatic heterocycles. The molecule has 2 rings (SSSR count). The van der Waals surface area contributed by atoms with Gasteiger partial charge in [-0.15, -0.1) is 11.3 Å². The zero-order valence-electron chi connectivity index (χ0n) is 10.5. The predicted molar refractivity (Wildman–Crippen MR) is 76.3 cm³/mol. The van der Waals surface area contributed by atoms with Gasteiger partial charge < -0.3 is 10.6 Å². The zero-order chi connectivity index (χ0) is 13.0. The van der Waals surface area contributed by atoms with E-state index in [0.29, 0.717) is 5.92 Å². The average molecular weight is 287 g/mol. The van der Waals surface area contributed by atoms with Gasteiger partial charge in [-0.25, -0.2) is 0 Å². The molecule has 2 N–H and O–H groups in total. The van der Waals surface area contributed by atoms with Gasteiger partial charge in [0.2, 0.25) is 5.91 Å². The van der Waals surface area contributed by atoms with Crippen molar-refractivity contribution in [1.82, 2.24) is 10.6 Å². The largest absolute Gasteiger partial charge is 0.355 e. The molecule has 0 bridgehead atoms. The highest BCUT2D eigenvalue weighted by molar-refractivity contribution is 7.16. The first-order valence-corrected chi connectivity index (χ1v) is 7.60. The van der Waals surface area contributed by atoms with E-state index in [9.17, 15) is 4.79 Å². The molecule has 0 saturated carbocycles. The molecule has 1 amide bonds. The average Bonchev–Trinajstić information content (AvgIpc) is 2.83. The van der Waals surface area contributed by atoms with Gasteiger partial charge in [0.15, 0.2) is 0 Å². The monoisotopic (exact) mass is 286 g/mol. The summed E-state index contributed by atoms with van der Waals surface area (Å²) >= 11 is 7.36.